The van der Waals surface area contributed by atoms with Crippen LogP contribution in [-0.4, -0.2) is 28.3 Å². The van der Waals surface area contributed by atoms with Crippen molar-refractivity contribution in [3.05, 3.63) is 0 Å². The van der Waals surface area contributed by atoms with Crippen LogP contribution in [0.25, 0.3) is 0 Å². The van der Waals surface area contributed by atoms with E-state index in [0.717, 1.165) is 0 Å². The van der Waals surface area contributed by atoms with Crippen molar-refractivity contribution in [2.45, 2.75) is 13.0 Å². The van der Waals surface area contributed by atoms with E-state index in [-0.39, 0.29) is 12.5 Å². The highest BCUT2D eigenvalue weighted by atomic mass is 79.9. The zero-order valence-electron chi connectivity index (χ0n) is 4.84. The van der Waals surface area contributed by atoms with Crippen LogP contribution in [0.5, 0.6) is 0 Å². The SMILES string of the molecule is C[C@H](CO)[C@H](O)CBr. The second-order valence-electron chi connectivity index (χ2n) is 1.88. The van der Waals surface area contributed by atoms with Crippen molar-refractivity contribution < 1.29 is 10.2 Å². The van der Waals surface area contributed by atoms with Gasteiger partial charge in [0.25, 0.3) is 0 Å². The molecule has 3 heteroatoms. The summed E-state index contributed by atoms with van der Waals surface area (Å²) < 4.78 is 0. The van der Waals surface area contributed by atoms with E-state index in [9.17, 15) is 0 Å². The van der Waals surface area contributed by atoms with Crippen molar-refractivity contribution in [1.29, 1.82) is 0 Å². The quantitative estimate of drug-likeness (QED) is 0.620. The molecule has 8 heavy (non-hydrogen) atoms. The largest absolute Gasteiger partial charge is 0.396 e. The Balaban J connectivity index is 3.29. The van der Waals surface area contributed by atoms with Gasteiger partial charge in [-0.05, 0) is 0 Å². The molecule has 0 amide bonds. The Morgan fingerprint density at radius 1 is 1.62 bits per heavy atom. The molecule has 0 aliphatic heterocycles. The highest BCUT2D eigenvalue weighted by Gasteiger charge is 2.09. The molecule has 50 valence electrons. The molecule has 0 aliphatic carbocycles. The van der Waals surface area contributed by atoms with Gasteiger partial charge >= 0.3 is 0 Å². The summed E-state index contributed by atoms with van der Waals surface area (Å²) in [6.45, 7) is 1.85. The first-order chi connectivity index (χ1) is 3.72. The molecule has 0 fully saturated rings. The smallest absolute Gasteiger partial charge is 0.0684 e. The average molecular weight is 183 g/mol. The second-order valence-corrected chi connectivity index (χ2v) is 2.53. The van der Waals surface area contributed by atoms with E-state index >= 15 is 0 Å². The molecule has 2 nitrogen and oxygen atoms in total. The summed E-state index contributed by atoms with van der Waals surface area (Å²) in [6, 6.07) is 0. The number of halogens is 1. The number of aliphatic hydroxyl groups is 2. The molecule has 2 N–H and O–H groups in total. The molecule has 0 saturated carbocycles. The molecular formula is C5H11BrO2. The van der Waals surface area contributed by atoms with Gasteiger partial charge in [-0.1, -0.05) is 22.9 Å². The Morgan fingerprint density at radius 3 is 2.25 bits per heavy atom. The van der Waals surface area contributed by atoms with Gasteiger partial charge in [0.15, 0.2) is 0 Å². The number of hydrogen-bond donors (Lipinski definition) is 2. The molecule has 0 aliphatic rings. The lowest BCUT2D eigenvalue weighted by molar-refractivity contribution is 0.0956. The molecular weight excluding hydrogens is 172 g/mol. The zero-order chi connectivity index (χ0) is 6.57. The molecule has 2 atom stereocenters. The second kappa shape index (κ2) is 4.30. The maximum absolute atomic E-state index is 8.92. The van der Waals surface area contributed by atoms with Crippen molar-refractivity contribution >= 4 is 15.9 Å². The Morgan fingerprint density at radius 2 is 2.12 bits per heavy atom. The minimum absolute atomic E-state index is 0.0191. The number of alkyl halides is 1. The van der Waals surface area contributed by atoms with Crippen LogP contribution in [0, 0.1) is 5.92 Å². The third kappa shape index (κ3) is 2.64. The lowest BCUT2D eigenvalue weighted by Crippen LogP contribution is -2.21. The first-order valence-electron chi connectivity index (χ1n) is 2.57. The Bertz CT molecular complexity index is 50.4. The van der Waals surface area contributed by atoms with Crippen molar-refractivity contribution in [2.75, 3.05) is 11.9 Å². The number of rotatable bonds is 3. The van der Waals surface area contributed by atoms with Crippen LogP contribution in [0.3, 0.4) is 0 Å². The fourth-order valence-electron chi connectivity index (χ4n) is 0.274. The van der Waals surface area contributed by atoms with E-state index in [2.05, 4.69) is 15.9 Å². The third-order valence-electron chi connectivity index (χ3n) is 1.10. The van der Waals surface area contributed by atoms with Crippen molar-refractivity contribution in [2.24, 2.45) is 5.92 Å². The Kier molecular flexibility index (Phi) is 4.51. The molecule has 0 unspecified atom stereocenters. The van der Waals surface area contributed by atoms with E-state index in [1.54, 1.807) is 6.92 Å². The molecule has 0 aromatic carbocycles. The Labute approximate surface area is 57.7 Å². The summed E-state index contributed by atoms with van der Waals surface area (Å²) in [7, 11) is 0. The van der Waals surface area contributed by atoms with E-state index in [0.29, 0.717) is 5.33 Å². The minimum Gasteiger partial charge on any atom is -0.396 e. The topological polar surface area (TPSA) is 40.5 Å². The van der Waals surface area contributed by atoms with Crippen LogP contribution >= 0.6 is 15.9 Å². The summed E-state index contributed by atoms with van der Waals surface area (Å²) in [5.74, 6) is -0.0191. The fourth-order valence-corrected chi connectivity index (χ4v) is 0.912. The monoisotopic (exact) mass is 182 g/mol. The van der Waals surface area contributed by atoms with Crippen LogP contribution in [0.1, 0.15) is 6.92 Å². The van der Waals surface area contributed by atoms with E-state index in [1.807, 2.05) is 0 Å². The summed E-state index contributed by atoms with van der Waals surface area (Å²) in [6.07, 6.45) is -0.417. The highest BCUT2D eigenvalue weighted by Crippen LogP contribution is 2.03. The summed E-state index contributed by atoms with van der Waals surface area (Å²) in [4.78, 5) is 0. The number of aliphatic hydroxyl groups excluding tert-OH is 2. The molecule has 0 rings (SSSR count). The fraction of sp³-hybridized carbons (Fsp3) is 1.00. The molecule has 0 aromatic rings. The highest BCUT2D eigenvalue weighted by molar-refractivity contribution is 9.09. The first kappa shape index (κ1) is 8.40. The van der Waals surface area contributed by atoms with Crippen molar-refractivity contribution in [1.82, 2.24) is 0 Å². The van der Waals surface area contributed by atoms with Gasteiger partial charge in [-0.2, -0.15) is 0 Å². The maximum Gasteiger partial charge on any atom is 0.0684 e. The van der Waals surface area contributed by atoms with Crippen LogP contribution in [0.15, 0.2) is 0 Å². The standard InChI is InChI=1S/C5H11BrO2/c1-4(3-7)5(8)2-6/h4-5,7-8H,2-3H2,1H3/t4-,5-/m1/s1. The van der Waals surface area contributed by atoms with E-state index in [4.69, 9.17) is 10.2 Å². The van der Waals surface area contributed by atoms with Gasteiger partial charge in [-0.3, -0.25) is 0 Å². The molecule has 0 saturated heterocycles. The maximum atomic E-state index is 8.92. The van der Waals surface area contributed by atoms with Crippen molar-refractivity contribution in [3.63, 3.8) is 0 Å². The summed E-state index contributed by atoms with van der Waals surface area (Å²) >= 11 is 3.10. The van der Waals surface area contributed by atoms with Gasteiger partial charge < -0.3 is 10.2 Å². The lowest BCUT2D eigenvalue weighted by atomic mass is 10.1. The van der Waals surface area contributed by atoms with E-state index < -0.39 is 6.10 Å². The predicted octanol–water partition coefficient (Wildman–Crippen LogP) is 0.371. The van der Waals surface area contributed by atoms with Gasteiger partial charge in [0, 0.05) is 17.9 Å². The van der Waals surface area contributed by atoms with Crippen molar-refractivity contribution in [3.8, 4) is 0 Å². The van der Waals surface area contributed by atoms with Gasteiger partial charge in [0.1, 0.15) is 0 Å². The van der Waals surface area contributed by atoms with Gasteiger partial charge in [-0.25, -0.2) is 0 Å². The Hall–Kier alpha value is 0.400. The first-order valence-corrected chi connectivity index (χ1v) is 3.69. The third-order valence-corrected chi connectivity index (χ3v) is 1.77. The van der Waals surface area contributed by atoms with Crippen LogP contribution in [0.2, 0.25) is 0 Å². The minimum atomic E-state index is -0.417. The summed E-state index contributed by atoms with van der Waals surface area (Å²) in [5.41, 5.74) is 0. The predicted molar refractivity (Wildman–Crippen MR) is 36.1 cm³/mol. The molecule has 0 bridgehead atoms. The van der Waals surface area contributed by atoms with Crippen LogP contribution in [0.4, 0.5) is 0 Å². The molecule has 0 spiro atoms. The van der Waals surface area contributed by atoms with Gasteiger partial charge in [0.05, 0.1) is 6.10 Å². The zero-order valence-corrected chi connectivity index (χ0v) is 6.43. The molecule has 0 heterocycles. The molecule has 0 radical (unpaired) electrons. The normalized spacial score (nSPS) is 18.0. The van der Waals surface area contributed by atoms with Gasteiger partial charge in [0.2, 0.25) is 0 Å². The average Bonchev–Trinajstić information content (AvgIpc) is 1.84. The van der Waals surface area contributed by atoms with E-state index in [1.165, 1.54) is 0 Å². The molecule has 0 aromatic heterocycles. The summed E-state index contributed by atoms with van der Waals surface area (Å²) in [5, 5.41) is 17.9. The lowest BCUT2D eigenvalue weighted by Gasteiger charge is -2.11. The number of hydrogen-bond acceptors (Lipinski definition) is 2. The van der Waals surface area contributed by atoms with Gasteiger partial charge in [-0.15, -0.1) is 0 Å². The van der Waals surface area contributed by atoms with Crippen LogP contribution in [-0.2, 0) is 0 Å². The van der Waals surface area contributed by atoms with Crippen LogP contribution < -0.4 is 0 Å².